The molecule has 0 saturated carbocycles. The van der Waals surface area contributed by atoms with Crippen molar-refractivity contribution >= 4 is 27.4 Å². The Morgan fingerprint density at radius 1 is 0.833 bits per heavy atom. The van der Waals surface area contributed by atoms with Crippen molar-refractivity contribution in [3.05, 3.63) is 94.8 Å². The molecule has 0 unspecified atom stereocenters. The van der Waals surface area contributed by atoms with Crippen LogP contribution in [0.1, 0.15) is 36.6 Å². The molecule has 0 saturated heterocycles. The number of halogens is 1. The third-order valence-electron chi connectivity index (χ3n) is 4.67. The van der Waals surface area contributed by atoms with Gasteiger partial charge in [-0.2, -0.15) is 0 Å². The zero-order valence-corrected chi connectivity index (χ0v) is 16.1. The van der Waals surface area contributed by atoms with Crippen molar-refractivity contribution < 1.29 is 31.9 Å². The lowest BCUT2D eigenvalue weighted by Crippen LogP contribution is -2.21. The Morgan fingerprint density at radius 2 is 1.47 bits per heavy atom. The van der Waals surface area contributed by atoms with Gasteiger partial charge in [0.15, 0.2) is 18.2 Å². The van der Waals surface area contributed by atoms with Crippen molar-refractivity contribution in [1.29, 1.82) is 0 Å². The van der Waals surface area contributed by atoms with Crippen LogP contribution in [0.15, 0.2) is 76.5 Å². The number of carbonyl (C=O) groups is 3. The van der Waals surface area contributed by atoms with E-state index in [0.29, 0.717) is 0 Å². The number of hydrogen-bond donors (Lipinski definition) is 0. The van der Waals surface area contributed by atoms with E-state index in [1.165, 1.54) is 42.5 Å². The molecule has 1 aliphatic heterocycles. The molecule has 150 valence electrons. The maximum Gasteiger partial charge on any atom is 0.338 e. The van der Waals surface area contributed by atoms with E-state index in [2.05, 4.69) is 0 Å². The summed E-state index contributed by atoms with van der Waals surface area (Å²) in [6, 6.07) is 14.2. The molecular weight excluding hydrogens is 411 g/mol. The quantitative estimate of drug-likeness (QED) is 0.369. The third kappa shape index (κ3) is 3.31. The van der Waals surface area contributed by atoms with Crippen molar-refractivity contribution in [1.82, 2.24) is 0 Å². The summed E-state index contributed by atoms with van der Waals surface area (Å²) >= 11 is 0. The molecule has 30 heavy (non-hydrogen) atoms. The van der Waals surface area contributed by atoms with Crippen LogP contribution in [0.3, 0.4) is 0 Å². The predicted octanol–water partition coefficient (Wildman–Crippen LogP) is 3.24. The third-order valence-corrected chi connectivity index (χ3v) is 6.53. The van der Waals surface area contributed by atoms with Gasteiger partial charge >= 0.3 is 5.97 Å². The number of hydrogen-bond acceptors (Lipinski definition) is 6. The molecule has 3 aromatic carbocycles. The van der Waals surface area contributed by atoms with Gasteiger partial charge in [-0.1, -0.05) is 12.1 Å². The first kappa shape index (κ1) is 19.7. The lowest BCUT2D eigenvalue weighted by atomic mass is 10.0. The minimum Gasteiger partial charge on any atom is -0.454 e. The summed E-state index contributed by atoms with van der Waals surface area (Å²) in [4.78, 5) is 36.6. The van der Waals surface area contributed by atoms with Crippen LogP contribution in [0.4, 0.5) is 4.39 Å². The Labute approximate surface area is 170 Å². The first-order valence-corrected chi connectivity index (χ1v) is 10.3. The molecular formula is C22H13FO6S. The van der Waals surface area contributed by atoms with Gasteiger partial charge in [-0.25, -0.2) is 17.6 Å². The van der Waals surface area contributed by atoms with Gasteiger partial charge in [-0.3, -0.25) is 9.59 Å². The van der Waals surface area contributed by atoms with Crippen molar-refractivity contribution in [3.8, 4) is 0 Å². The molecule has 0 fully saturated rings. The Morgan fingerprint density at radius 3 is 2.20 bits per heavy atom. The van der Waals surface area contributed by atoms with E-state index in [1.54, 1.807) is 6.07 Å². The van der Waals surface area contributed by atoms with Crippen LogP contribution in [-0.2, 0) is 14.6 Å². The smallest absolute Gasteiger partial charge is 0.338 e. The first-order chi connectivity index (χ1) is 14.3. The van der Waals surface area contributed by atoms with Gasteiger partial charge in [0.1, 0.15) is 5.82 Å². The van der Waals surface area contributed by atoms with Crippen LogP contribution in [0.25, 0.3) is 0 Å². The fourth-order valence-corrected chi connectivity index (χ4v) is 4.82. The number of ether oxygens (including phenoxy) is 1. The largest absolute Gasteiger partial charge is 0.454 e. The van der Waals surface area contributed by atoms with E-state index in [1.807, 2.05) is 0 Å². The number of rotatable bonds is 4. The van der Waals surface area contributed by atoms with E-state index in [-0.39, 0.29) is 32.0 Å². The highest BCUT2D eigenvalue weighted by atomic mass is 32.2. The van der Waals surface area contributed by atoms with E-state index in [4.69, 9.17) is 4.74 Å². The second-order valence-corrected chi connectivity index (χ2v) is 8.43. The van der Waals surface area contributed by atoms with E-state index < -0.39 is 39.8 Å². The molecule has 8 heteroatoms. The molecule has 6 nitrogen and oxygen atoms in total. The number of Topliss-reactive ketones (excluding diaryl/α,β-unsaturated/α-hetero) is 1. The second-order valence-electron chi connectivity index (χ2n) is 6.55. The number of benzene rings is 3. The molecule has 0 aliphatic carbocycles. The van der Waals surface area contributed by atoms with E-state index >= 15 is 0 Å². The zero-order chi connectivity index (χ0) is 21.5. The number of esters is 1. The molecule has 4 rings (SSSR count). The van der Waals surface area contributed by atoms with Crippen LogP contribution >= 0.6 is 0 Å². The van der Waals surface area contributed by atoms with Gasteiger partial charge in [0.2, 0.25) is 9.84 Å². The molecule has 0 atom stereocenters. The number of sulfone groups is 1. The lowest BCUT2D eigenvalue weighted by Gasteiger charge is -2.19. The summed E-state index contributed by atoms with van der Waals surface area (Å²) in [6.45, 7) is -0.601. The van der Waals surface area contributed by atoms with Crippen molar-refractivity contribution in [3.63, 3.8) is 0 Å². The normalized spacial score (nSPS) is 13.8. The van der Waals surface area contributed by atoms with Crippen LogP contribution in [-0.4, -0.2) is 32.6 Å². The summed E-state index contributed by atoms with van der Waals surface area (Å²) in [5.74, 6) is -2.43. The van der Waals surface area contributed by atoms with Crippen LogP contribution in [0.2, 0.25) is 0 Å². The summed E-state index contributed by atoms with van der Waals surface area (Å²) in [6.07, 6.45) is 0. The van der Waals surface area contributed by atoms with Crippen LogP contribution in [0.5, 0.6) is 0 Å². The molecule has 3 aromatic rings. The Balaban J connectivity index is 1.59. The highest BCUT2D eigenvalue weighted by Crippen LogP contribution is 2.34. The summed E-state index contributed by atoms with van der Waals surface area (Å²) in [5, 5.41) is 0. The minimum atomic E-state index is -4.00. The van der Waals surface area contributed by atoms with Gasteiger partial charge in [0.05, 0.1) is 15.4 Å². The van der Waals surface area contributed by atoms with Crippen molar-refractivity contribution in [2.24, 2.45) is 0 Å². The van der Waals surface area contributed by atoms with Gasteiger partial charge in [-0.05, 0) is 54.6 Å². The first-order valence-electron chi connectivity index (χ1n) is 8.78. The molecule has 0 bridgehead atoms. The summed E-state index contributed by atoms with van der Waals surface area (Å²) < 4.78 is 43.7. The SMILES string of the molecule is O=C(COC(=O)c1ccc2c(c1)S(=O)(=O)c1ccccc1C2=O)c1ccc(F)cc1. The highest BCUT2D eigenvalue weighted by molar-refractivity contribution is 7.91. The lowest BCUT2D eigenvalue weighted by molar-refractivity contribution is 0.0474. The standard InChI is InChI=1S/C22H13FO6S/c23-15-8-5-13(6-9-15)18(24)12-29-22(26)14-7-10-17-20(11-14)30(27,28)19-4-2-1-3-16(19)21(17)25/h1-11H,12H2. The monoisotopic (exact) mass is 424 g/mol. The molecule has 0 N–H and O–H groups in total. The van der Waals surface area contributed by atoms with Crippen molar-refractivity contribution in [2.75, 3.05) is 6.61 Å². The Kier molecular flexibility index (Phi) is 4.79. The highest BCUT2D eigenvalue weighted by Gasteiger charge is 2.35. The van der Waals surface area contributed by atoms with Crippen LogP contribution < -0.4 is 0 Å². The predicted molar refractivity (Wildman–Crippen MR) is 103 cm³/mol. The molecule has 1 heterocycles. The summed E-state index contributed by atoms with van der Waals surface area (Å²) in [7, 11) is -4.00. The van der Waals surface area contributed by atoms with Crippen molar-refractivity contribution in [2.45, 2.75) is 9.79 Å². The van der Waals surface area contributed by atoms with Gasteiger partial charge < -0.3 is 4.74 Å². The molecule has 0 spiro atoms. The van der Waals surface area contributed by atoms with Crippen LogP contribution in [0, 0.1) is 5.82 Å². The summed E-state index contributed by atoms with van der Waals surface area (Å²) in [5.41, 5.74) is 0.0914. The number of ketones is 2. The van der Waals surface area contributed by atoms with Gasteiger partial charge in [-0.15, -0.1) is 0 Å². The minimum absolute atomic E-state index is 0.0346. The fraction of sp³-hybridized carbons (Fsp3) is 0.0455. The Bertz CT molecular complexity index is 1310. The number of fused-ring (bicyclic) bond motifs is 2. The van der Waals surface area contributed by atoms with E-state index in [9.17, 15) is 27.2 Å². The Hall–Kier alpha value is -3.65. The number of carbonyl (C=O) groups excluding carboxylic acids is 3. The maximum atomic E-state index is 12.9. The maximum absolute atomic E-state index is 12.9. The molecule has 0 radical (unpaired) electrons. The average molecular weight is 424 g/mol. The zero-order valence-electron chi connectivity index (χ0n) is 15.3. The van der Waals surface area contributed by atoms with E-state index in [0.717, 1.165) is 18.2 Å². The second kappa shape index (κ2) is 7.31. The topological polar surface area (TPSA) is 94.6 Å². The van der Waals surface area contributed by atoms with Gasteiger partial charge in [0, 0.05) is 16.7 Å². The molecule has 0 aromatic heterocycles. The molecule has 0 amide bonds. The fourth-order valence-electron chi connectivity index (χ4n) is 3.14. The molecule has 1 aliphatic rings. The average Bonchev–Trinajstić information content (AvgIpc) is 2.76. The van der Waals surface area contributed by atoms with Gasteiger partial charge in [0.25, 0.3) is 0 Å².